The van der Waals surface area contributed by atoms with Crippen molar-refractivity contribution < 1.29 is 9.90 Å². The number of fused-ring (bicyclic) bond motifs is 1. The molecule has 0 saturated heterocycles. The molecule has 18 heavy (non-hydrogen) atoms. The number of carbonyl (C=O) groups is 1. The van der Waals surface area contributed by atoms with Gasteiger partial charge >= 0.3 is 5.97 Å². The molecule has 1 saturated carbocycles. The summed E-state index contributed by atoms with van der Waals surface area (Å²) < 4.78 is 2.32. The van der Waals surface area contributed by atoms with E-state index in [-0.39, 0.29) is 6.42 Å². The van der Waals surface area contributed by atoms with Crippen LogP contribution in [0.15, 0.2) is 30.3 Å². The molecule has 0 unspecified atom stereocenters. The molecule has 1 aromatic carbocycles. The number of aliphatic carboxylic acids is 1. The van der Waals surface area contributed by atoms with Gasteiger partial charge in [-0.15, -0.1) is 0 Å². The van der Waals surface area contributed by atoms with Crippen molar-refractivity contribution in [3.63, 3.8) is 0 Å². The highest BCUT2D eigenvalue weighted by atomic mass is 16.4. The maximum absolute atomic E-state index is 10.7. The number of carboxylic acids is 1. The van der Waals surface area contributed by atoms with Crippen LogP contribution in [-0.4, -0.2) is 15.6 Å². The quantitative estimate of drug-likeness (QED) is 0.877. The third kappa shape index (κ3) is 2.26. The van der Waals surface area contributed by atoms with E-state index in [2.05, 4.69) is 22.8 Å². The Morgan fingerprint density at radius 1 is 1.33 bits per heavy atom. The molecule has 1 aliphatic rings. The van der Waals surface area contributed by atoms with Gasteiger partial charge in [-0.2, -0.15) is 0 Å². The number of hydrogen-bond donors (Lipinski definition) is 1. The van der Waals surface area contributed by atoms with Gasteiger partial charge in [0.2, 0.25) is 0 Å². The molecule has 1 aromatic heterocycles. The molecule has 0 atom stereocenters. The van der Waals surface area contributed by atoms with Crippen molar-refractivity contribution in [2.45, 2.75) is 32.2 Å². The highest BCUT2D eigenvalue weighted by Gasteiger charge is 2.23. The first-order valence-electron chi connectivity index (χ1n) is 6.53. The van der Waals surface area contributed by atoms with Crippen LogP contribution < -0.4 is 0 Å². The molecular weight excluding hydrogens is 226 g/mol. The first kappa shape index (κ1) is 11.3. The van der Waals surface area contributed by atoms with Crippen LogP contribution in [0.4, 0.5) is 0 Å². The smallest absolute Gasteiger partial charge is 0.303 e. The Morgan fingerprint density at radius 3 is 2.83 bits per heavy atom. The maximum atomic E-state index is 10.7. The zero-order chi connectivity index (χ0) is 12.5. The van der Waals surface area contributed by atoms with E-state index in [4.69, 9.17) is 5.11 Å². The van der Waals surface area contributed by atoms with Crippen LogP contribution in [0, 0.1) is 5.92 Å². The second-order valence-corrected chi connectivity index (χ2v) is 5.14. The summed E-state index contributed by atoms with van der Waals surface area (Å²) in [5.41, 5.74) is 2.40. The molecular formula is C15H17NO2. The number of aromatic nitrogens is 1. The average molecular weight is 243 g/mol. The minimum atomic E-state index is -0.724. The molecule has 3 rings (SSSR count). The van der Waals surface area contributed by atoms with Crippen LogP contribution in [0.2, 0.25) is 0 Å². The Morgan fingerprint density at radius 2 is 2.11 bits per heavy atom. The van der Waals surface area contributed by atoms with Crippen molar-refractivity contribution in [3.05, 3.63) is 36.0 Å². The van der Waals surface area contributed by atoms with Gasteiger partial charge in [0.25, 0.3) is 0 Å². The van der Waals surface area contributed by atoms with Gasteiger partial charge in [-0.05, 0) is 42.7 Å². The van der Waals surface area contributed by atoms with Crippen molar-refractivity contribution in [1.82, 2.24) is 4.57 Å². The van der Waals surface area contributed by atoms with Gasteiger partial charge in [0.05, 0.1) is 6.42 Å². The van der Waals surface area contributed by atoms with E-state index < -0.39 is 5.97 Å². The molecule has 0 bridgehead atoms. The second-order valence-electron chi connectivity index (χ2n) is 5.14. The van der Waals surface area contributed by atoms with Gasteiger partial charge in [0, 0.05) is 17.8 Å². The normalized spacial score (nSPS) is 15.1. The minimum Gasteiger partial charge on any atom is -0.481 e. The number of benzene rings is 1. The summed E-state index contributed by atoms with van der Waals surface area (Å²) in [5, 5.41) is 10.0. The molecule has 94 valence electrons. The fourth-order valence-electron chi connectivity index (χ4n) is 2.48. The Labute approximate surface area is 106 Å². The fourth-order valence-corrected chi connectivity index (χ4v) is 2.48. The monoisotopic (exact) mass is 243 g/mol. The highest BCUT2D eigenvalue weighted by Crippen LogP contribution is 2.33. The third-order valence-corrected chi connectivity index (χ3v) is 3.63. The molecule has 0 radical (unpaired) electrons. The van der Waals surface area contributed by atoms with Crippen molar-refractivity contribution in [2.75, 3.05) is 0 Å². The first-order valence-corrected chi connectivity index (χ1v) is 6.53. The Kier molecular flexibility index (Phi) is 2.82. The molecule has 1 aliphatic carbocycles. The van der Waals surface area contributed by atoms with Crippen molar-refractivity contribution in [3.8, 4) is 0 Å². The lowest BCUT2D eigenvalue weighted by atomic mass is 10.2. The van der Waals surface area contributed by atoms with Gasteiger partial charge in [-0.3, -0.25) is 4.79 Å². The summed E-state index contributed by atoms with van der Waals surface area (Å²) in [6.07, 6.45) is 3.45. The molecule has 1 heterocycles. The van der Waals surface area contributed by atoms with Gasteiger partial charge in [-0.25, -0.2) is 0 Å². The lowest BCUT2D eigenvalue weighted by molar-refractivity contribution is -0.136. The molecule has 3 nitrogen and oxygen atoms in total. The average Bonchev–Trinajstić information content (AvgIpc) is 3.09. The van der Waals surface area contributed by atoms with Crippen LogP contribution >= 0.6 is 0 Å². The van der Waals surface area contributed by atoms with E-state index in [1.165, 1.54) is 23.7 Å². The zero-order valence-electron chi connectivity index (χ0n) is 10.3. The van der Waals surface area contributed by atoms with Gasteiger partial charge in [-0.1, -0.05) is 18.2 Å². The molecule has 0 aliphatic heterocycles. The molecule has 3 heteroatoms. The van der Waals surface area contributed by atoms with E-state index in [1.54, 1.807) is 0 Å². The van der Waals surface area contributed by atoms with Crippen LogP contribution in [0.1, 0.15) is 25.0 Å². The van der Waals surface area contributed by atoms with Crippen molar-refractivity contribution in [2.24, 2.45) is 5.92 Å². The fraction of sp³-hybridized carbons (Fsp3) is 0.400. The summed E-state index contributed by atoms with van der Waals surface area (Å²) in [6, 6.07) is 10.4. The highest BCUT2D eigenvalue weighted by molar-refractivity contribution is 5.81. The first-order chi connectivity index (χ1) is 8.74. The second kappa shape index (κ2) is 4.48. The predicted molar refractivity (Wildman–Crippen MR) is 70.6 cm³/mol. The van der Waals surface area contributed by atoms with Crippen molar-refractivity contribution in [1.29, 1.82) is 0 Å². The van der Waals surface area contributed by atoms with E-state index >= 15 is 0 Å². The number of carboxylic acid groups (broad SMARTS) is 1. The maximum Gasteiger partial charge on any atom is 0.303 e. The Balaban J connectivity index is 1.96. The summed E-state index contributed by atoms with van der Waals surface area (Å²) in [6.45, 7) is 1.04. The third-order valence-electron chi connectivity index (χ3n) is 3.63. The van der Waals surface area contributed by atoms with Gasteiger partial charge in [0.1, 0.15) is 0 Å². The largest absolute Gasteiger partial charge is 0.481 e. The van der Waals surface area contributed by atoms with Crippen LogP contribution in [0.25, 0.3) is 10.9 Å². The minimum absolute atomic E-state index is 0.209. The van der Waals surface area contributed by atoms with Gasteiger partial charge in [0.15, 0.2) is 0 Å². The number of hydrogen-bond acceptors (Lipinski definition) is 1. The predicted octanol–water partition coefficient (Wildman–Crippen LogP) is 3.07. The molecule has 1 N–H and O–H groups in total. The van der Waals surface area contributed by atoms with Gasteiger partial charge < -0.3 is 9.67 Å². The summed E-state index contributed by atoms with van der Waals surface area (Å²) in [7, 11) is 0. The Hall–Kier alpha value is -1.77. The summed E-state index contributed by atoms with van der Waals surface area (Å²) in [4.78, 5) is 10.7. The molecule has 1 fully saturated rings. The summed E-state index contributed by atoms with van der Waals surface area (Å²) >= 11 is 0. The van der Waals surface area contributed by atoms with Crippen LogP contribution in [0.3, 0.4) is 0 Å². The molecule has 0 spiro atoms. The van der Waals surface area contributed by atoms with Crippen LogP contribution in [-0.2, 0) is 17.8 Å². The van der Waals surface area contributed by atoms with E-state index in [0.717, 1.165) is 18.2 Å². The Bertz CT molecular complexity index is 581. The molecule has 2 aromatic rings. The van der Waals surface area contributed by atoms with E-state index in [1.807, 2.05) is 12.1 Å². The lowest BCUT2D eigenvalue weighted by Gasteiger charge is -2.09. The molecule has 0 amide bonds. The number of nitrogens with zero attached hydrogens (tertiary/aromatic N) is 1. The number of rotatable bonds is 5. The topological polar surface area (TPSA) is 42.2 Å². The SMILES string of the molecule is O=C(O)CCc1cc2ccccc2n1CC1CC1. The number of para-hydroxylation sites is 1. The van der Waals surface area contributed by atoms with E-state index in [0.29, 0.717) is 6.42 Å². The zero-order valence-corrected chi connectivity index (χ0v) is 10.3. The van der Waals surface area contributed by atoms with Crippen molar-refractivity contribution >= 4 is 16.9 Å². The van der Waals surface area contributed by atoms with E-state index in [9.17, 15) is 4.79 Å². The summed E-state index contributed by atoms with van der Waals surface area (Å²) in [5.74, 6) is 0.0719. The van der Waals surface area contributed by atoms with Crippen LogP contribution in [0.5, 0.6) is 0 Å². The number of aryl methyl sites for hydroxylation is 1. The lowest BCUT2D eigenvalue weighted by Crippen LogP contribution is -2.06. The standard InChI is InChI=1S/C15H17NO2/c17-15(18)8-7-13-9-12-3-1-2-4-14(12)16(13)10-11-5-6-11/h1-4,9,11H,5-8,10H2,(H,17,18).